The summed E-state index contributed by atoms with van der Waals surface area (Å²) in [5, 5.41) is 8.92. The summed E-state index contributed by atoms with van der Waals surface area (Å²) in [6, 6.07) is 15.3. The van der Waals surface area contributed by atoms with E-state index in [2.05, 4.69) is 10.2 Å². The topological polar surface area (TPSA) is 75.5 Å². The van der Waals surface area contributed by atoms with Crippen LogP contribution in [0.2, 0.25) is 0 Å². The molecule has 3 aromatic rings. The molecule has 152 valence electrons. The molecule has 2 aromatic carbocycles. The van der Waals surface area contributed by atoms with Crippen LogP contribution in [0.15, 0.2) is 53.7 Å². The number of hydrogen-bond acceptors (Lipinski definition) is 7. The van der Waals surface area contributed by atoms with E-state index in [9.17, 15) is 4.79 Å². The van der Waals surface area contributed by atoms with Crippen LogP contribution in [0.5, 0.6) is 11.5 Å². The first-order chi connectivity index (χ1) is 14.1. The Morgan fingerprint density at radius 2 is 1.72 bits per heavy atom. The lowest BCUT2D eigenvalue weighted by Crippen LogP contribution is -2.17. The summed E-state index contributed by atoms with van der Waals surface area (Å²) in [7, 11) is 3.20. The number of benzene rings is 2. The van der Waals surface area contributed by atoms with E-state index in [1.807, 2.05) is 47.0 Å². The number of aromatic nitrogens is 3. The molecule has 8 heteroatoms. The lowest BCUT2D eigenvalue weighted by molar-refractivity contribution is -0.142. The molecule has 3 rings (SSSR count). The Balaban J connectivity index is 2.09. The van der Waals surface area contributed by atoms with Gasteiger partial charge in [-0.1, -0.05) is 30.0 Å². The second-order valence-corrected chi connectivity index (χ2v) is 7.40. The number of nitrogens with zero attached hydrogens (tertiary/aromatic N) is 3. The first-order valence-electron chi connectivity index (χ1n) is 9.15. The van der Waals surface area contributed by atoms with Crippen LogP contribution in [0, 0.1) is 0 Å². The van der Waals surface area contributed by atoms with Crippen molar-refractivity contribution in [2.75, 3.05) is 20.8 Å². The Morgan fingerprint density at radius 1 is 1.07 bits per heavy atom. The number of hydrogen-bond donors (Lipinski definition) is 0. The predicted molar refractivity (Wildman–Crippen MR) is 112 cm³/mol. The molecular weight excluding hydrogens is 390 g/mol. The van der Waals surface area contributed by atoms with E-state index in [1.165, 1.54) is 11.8 Å². The molecule has 0 saturated carbocycles. The molecule has 0 radical (unpaired) electrons. The summed E-state index contributed by atoms with van der Waals surface area (Å²) in [5.41, 5.74) is 1.67. The van der Waals surface area contributed by atoms with Gasteiger partial charge in [-0.05, 0) is 38.1 Å². The first-order valence-corrected chi connectivity index (χ1v) is 10.0. The van der Waals surface area contributed by atoms with Gasteiger partial charge in [-0.3, -0.25) is 9.36 Å². The molecule has 1 heterocycles. The van der Waals surface area contributed by atoms with Crippen molar-refractivity contribution >= 4 is 17.7 Å². The van der Waals surface area contributed by atoms with E-state index in [4.69, 9.17) is 14.2 Å². The van der Waals surface area contributed by atoms with Crippen molar-refractivity contribution < 1.29 is 19.0 Å². The number of carbonyl (C=O) groups is 1. The highest BCUT2D eigenvalue weighted by molar-refractivity contribution is 8.00. The van der Waals surface area contributed by atoms with Gasteiger partial charge in [0, 0.05) is 17.3 Å². The maximum absolute atomic E-state index is 12.1. The van der Waals surface area contributed by atoms with E-state index in [-0.39, 0.29) is 5.97 Å². The van der Waals surface area contributed by atoms with Crippen LogP contribution < -0.4 is 9.47 Å². The van der Waals surface area contributed by atoms with Gasteiger partial charge in [0.15, 0.2) is 11.0 Å². The van der Waals surface area contributed by atoms with Gasteiger partial charge >= 0.3 is 5.97 Å². The average molecular weight is 413 g/mol. The molecule has 0 amide bonds. The van der Waals surface area contributed by atoms with Crippen molar-refractivity contribution in [3.05, 3.63) is 48.5 Å². The molecule has 0 fully saturated rings. The zero-order chi connectivity index (χ0) is 20.8. The van der Waals surface area contributed by atoms with E-state index < -0.39 is 5.25 Å². The predicted octanol–water partition coefficient (Wildman–Crippen LogP) is 4.00. The number of ether oxygens (including phenoxy) is 3. The van der Waals surface area contributed by atoms with Crippen LogP contribution in [-0.4, -0.2) is 46.8 Å². The molecule has 0 bridgehead atoms. The number of carbonyl (C=O) groups excluding carboxylic acids is 1. The van der Waals surface area contributed by atoms with E-state index in [0.717, 1.165) is 11.3 Å². The van der Waals surface area contributed by atoms with Gasteiger partial charge in [-0.25, -0.2) is 0 Å². The van der Waals surface area contributed by atoms with Crippen molar-refractivity contribution in [1.82, 2.24) is 14.8 Å². The Bertz CT molecular complexity index is 953. The minimum absolute atomic E-state index is 0.287. The molecule has 1 aromatic heterocycles. The fourth-order valence-electron chi connectivity index (χ4n) is 2.75. The SMILES string of the molecule is CCOC(=O)[C@H](C)Sc1nnc(-c2cc(OC)cc(OC)c2)n1-c1ccccc1. The third-order valence-electron chi connectivity index (χ3n) is 4.16. The molecule has 7 nitrogen and oxygen atoms in total. The summed E-state index contributed by atoms with van der Waals surface area (Å²) < 4.78 is 17.8. The van der Waals surface area contributed by atoms with Crippen molar-refractivity contribution in [2.45, 2.75) is 24.3 Å². The molecule has 1 atom stereocenters. The maximum atomic E-state index is 12.1. The summed E-state index contributed by atoms with van der Waals surface area (Å²) in [6.07, 6.45) is 0. The lowest BCUT2D eigenvalue weighted by Gasteiger charge is -2.14. The third kappa shape index (κ3) is 4.71. The van der Waals surface area contributed by atoms with Crippen LogP contribution in [0.25, 0.3) is 17.1 Å². The normalized spacial score (nSPS) is 11.7. The van der Waals surface area contributed by atoms with Crippen molar-refractivity contribution in [2.24, 2.45) is 0 Å². The fraction of sp³-hybridized carbons (Fsp3) is 0.286. The number of para-hydroxylation sites is 1. The van der Waals surface area contributed by atoms with E-state index in [1.54, 1.807) is 34.1 Å². The highest BCUT2D eigenvalue weighted by atomic mass is 32.2. The summed E-state index contributed by atoms with van der Waals surface area (Å²) >= 11 is 1.30. The Morgan fingerprint density at radius 3 is 2.31 bits per heavy atom. The van der Waals surface area contributed by atoms with Gasteiger partial charge in [-0.15, -0.1) is 10.2 Å². The number of esters is 1. The minimum atomic E-state index is -0.422. The molecular formula is C21H23N3O4S. The van der Waals surface area contributed by atoms with Gasteiger partial charge in [0.25, 0.3) is 0 Å². The third-order valence-corrected chi connectivity index (χ3v) is 5.18. The van der Waals surface area contributed by atoms with Crippen LogP contribution in [0.4, 0.5) is 0 Å². The molecule has 0 N–H and O–H groups in total. The molecule has 0 spiro atoms. The number of methoxy groups -OCH3 is 2. The second-order valence-electron chi connectivity index (χ2n) is 6.09. The minimum Gasteiger partial charge on any atom is -0.497 e. The summed E-state index contributed by atoms with van der Waals surface area (Å²) in [6.45, 7) is 3.92. The average Bonchev–Trinajstić information content (AvgIpc) is 3.17. The van der Waals surface area contributed by atoms with Crippen molar-refractivity contribution in [1.29, 1.82) is 0 Å². The van der Waals surface area contributed by atoms with Crippen LogP contribution in [-0.2, 0) is 9.53 Å². The Kier molecular flexibility index (Phi) is 6.77. The van der Waals surface area contributed by atoms with Gasteiger partial charge in [0.2, 0.25) is 0 Å². The standard InChI is InChI=1S/C21H23N3O4S/c1-5-28-20(25)14(2)29-21-23-22-19(24(21)16-9-7-6-8-10-16)15-11-17(26-3)13-18(12-15)27-4/h6-14H,5H2,1-4H3/t14-/m0/s1. The molecule has 0 aliphatic carbocycles. The Labute approximate surface area is 174 Å². The number of rotatable bonds is 8. The highest BCUT2D eigenvalue weighted by Gasteiger charge is 2.23. The first kappa shape index (κ1) is 20.7. The Hall–Kier alpha value is -3.00. The van der Waals surface area contributed by atoms with Crippen molar-refractivity contribution in [3.8, 4) is 28.6 Å². The molecule has 29 heavy (non-hydrogen) atoms. The van der Waals surface area contributed by atoms with Crippen molar-refractivity contribution in [3.63, 3.8) is 0 Å². The largest absolute Gasteiger partial charge is 0.497 e. The van der Waals surface area contributed by atoms with Gasteiger partial charge in [0.05, 0.1) is 20.8 Å². The maximum Gasteiger partial charge on any atom is 0.319 e. The highest BCUT2D eigenvalue weighted by Crippen LogP contribution is 2.34. The van der Waals surface area contributed by atoms with Gasteiger partial charge in [0.1, 0.15) is 16.7 Å². The molecule has 0 unspecified atom stereocenters. The lowest BCUT2D eigenvalue weighted by atomic mass is 10.2. The zero-order valence-corrected chi connectivity index (χ0v) is 17.6. The zero-order valence-electron chi connectivity index (χ0n) is 16.8. The monoisotopic (exact) mass is 413 g/mol. The van der Waals surface area contributed by atoms with Gasteiger partial charge in [-0.2, -0.15) is 0 Å². The number of thioether (sulfide) groups is 1. The smallest absolute Gasteiger partial charge is 0.319 e. The molecule has 0 aliphatic heterocycles. The quantitative estimate of drug-likeness (QED) is 0.408. The van der Waals surface area contributed by atoms with Crippen LogP contribution in [0.1, 0.15) is 13.8 Å². The fourth-order valence-corrected chi connectivity index (χ4v) is 3.61. The molecule has 0 saturated heterocycles. The summed E-state index contributed by atoms with van der Waals surface area (Å²) in [5.74, 6) is 1.63. The van der Waals surface area contributed by atoms with Crippen LogP contribution in [0.3, 0.4) is 0 Å². The van der Waals surface area contributed by atoms with E-state index in [0.29, 0.717) is 29.1 Å². The van der Waals surface area contributed by atoms with Gasteiger partial charge < -0.3 is 14.2 Å². The summed E-state index contributed by atoms with van der Waals surface area (Å²) in [4.78, 5) is 12.1. The molecule has 0 aliphatic rings. The second kappa shape index (κ2) is 9.47. The van der Waals surface area contributed by atoms with E-state index >= 15 is 0 Å². The van der Waals surface area contributed by atoms with Crippen LogP contribution >= 0.6 is 11.8 Å².